The van der Waals surface area contributed by atoms with Gasteiger partial charge < -0.3 is 95.5 Å². The predicted octanol–water partition coefficient (Wildman–Crippen LogP) is -7.50. The largest absolute Gasteiger partial charge is 0.390 e. The van der Waals surface area contributed by atoms with Gasteiger partial charge in [-0.1, -0.05) is 6.92 Å². The lowest BCUT2D eigenvalue weighted by Gasteiger charge is -2.37. The molecule has 15 N–H and O–H groups in total. The SMILES string of the molecule is CC1O[C@@H](O)C(O)[C@@H](O)[C@@H]1O.CC1O[C@@H](O)[C@@H](O)C(O)[C@H]1C.CC1O[C@H](O)C(O)[C@@H](O)[C@@H]1O.CC1O[C@H](O)[C@@H](O)C(O)[C@H]1O. The first-order chi connectivity index (χ1) is 20.1. The highest BCUT2D eigenvalue weighted by Gasteiger charge is 2.43. The molecular weight excluding hydrogens is 604 g/mol. The molecule has 4 fully saturated rings. The van der Waals surface area contributed by atoms with E-state index in [1.165, 1.54) is 20.8 Å². The van der Waals surface area contributed by atoms with Crippen LogP contribution in [0.5, 0.6) is 0 Å². The van der Waals surface area contributed by atoms with E-state index in [4.69, 9.17) is 76.2 Å². The number of hydrogen-bond donors (Lipinski definition) is 15. The summed E-state index contributed by atoms with van der Waals surface area (Å²) in [6.07, 6.45) is -21.5. The Morgan fingerprint density at radius 1 is 0.250 bits per heavy atom. The molecule has 4 rings (SSSR count). The second-order valence-electron chi connectivity index (χ2n) is 11.2. The molecule has 4 aliphatic heterocycles. The highest BCUT2D eigenvalue weighted by Crippen LogP contribution is 2.24. The Hall–Kier alpha value is -0.760. The summed E-state index contributed by atoms with van der Waals surface area (Å²) in [6, 6.07) is 0. The smallest absolute Gasteiger partial charge is 0.183 e. The van der Waals surface area contributed by atoms with Crippen molar-refractivity contribution in [2.75, 3.05) is 0 Å². The van der Waals surface area contributed by atoms with Crippen LogP contribution in [0.2, 0.25) is 0 Å². The molecule has 0 aromatic carbocycles. The predicted molar refractivity (Wildman–Crippen MR) is 141 cm³/mol. The average molecular weight is 655 g/mol. The zero-order valence-corrected chi connectivity index (χ0v) is 24.9. The molecule has 0 amide bonds. The number of rotatable bonds is 0. The maximum Gasteiger partial charge on any atom is 0.183 e. The maximum atomic E-state index is 9.30. The van der Waals surface area contributed by atoms with Crippen molar-refractivity contribution in [1.29, 1.82) is 0 Å². The number of aliphatic hydroxyl groups is 15. The molecule has 264 valence electrons. The van der Waals surface area contributed by atoms with E-state index >= 15 is 0 Å². The molecule has 0 radical (unpaired) electrons. The normalized spacial score (nSPS) is 52.6. The van der Waals surface area contributed by atoms with Gasteiger partial charge in [-0.25, -0.2) is 0 Å². The second kappa shape index (κ2) is 18.0. The van der Waals surface area contributed by atoms with Gasteiger partial charge in [-0.2, -0.15) is 0 Å². The third-order valence-electron chi connectivity index (χ3n) is 7.76. The summed E-state index contributed by atoms with van der Waals surface area (Å²) >= 11 is 0. The minimum absolute atomic E-state index is 0.145. The Morgan fingerprint density at radius 2 is 0.455 bits per heavy atom. The number of aliphatic hydroxyl groups excluding tert-OH is 15. The third kappa shape index (κ3) is 10.6. The molecule has 19 heteroatoms. The van der Waals surface area contributed by atoms with Crippen molar-refractivity contribution >= 4 is 0 Å². The van der Waals surface area contributed by atoms with Crippen LogP contribution in [-0.4, -0.2) is 193 Å². The molecule has 0 aromatic heterocycles. The first-order valence-corrected chi connectivity index (χ1v) is 14.0. The van der Waals surface area contributed by atoms with E-state index in [9.17, 15) is 5.11 Å². The van der Waals surface area contributed by atoms with Crippen molar-refractivity contribution in [2.24, 2.45) is 5.92 Å². The quantitative estimate of drug-likeness (QED) is 0.115. The highest BCUT2D eigenvalue weighted by atomic mass is 16.7. The van der Waals surface area contributed by atoms with E-state index in [-0.39, 0.29) is 12.0 Å². The van der Waals surface area contributed by atoms with Crippen molar-refractivity contribution in [2.45, 2.75) is 151 Å². The van der Waals surface area contributed by atoms with Crippen molar-refractivity contribution in [3.05, 3.63) is 0 Å². The van der Waals surface area contributed by atoms with E-state index in [0.717, 1.165) is 0 Å². The van der Waals surface area contributed by atoms with Gasteiger partial charge in [-0.15, -0.1) is 0 Å². The van der Waals surface area contributed by atoms with Gasteiger partial charge >= 0.3 is 0 Å². The van der Waals surface area contributed by atoms with Crippen LogP contribution < -0.4 is 0 Å². The van der Waals surface area contributed by atoms with Gasteiger partial charge in [0.1, 0.15) is 61.0 Å². The van der Waals surface area contributed by atoms with Crippen molar-refractivity contribution in [3.63, 3.8) is 0 Å². The van der Waals surface area contributed by atoms with Crippen LogP contribution in [0.3, 0.4) is 0 Å². The summed E-state index contributed by atoms with van der Waals surface area (Å²) in [5.74, 6) is -0.145. The maximum absolute atomic E-state index is 9.30. The monoisotopic (exact) mass is 654 g/mol. The highest BCUT2D eigenvalue weighted by molar-refractivity contribution is 4.88. The van der Waals surface area contributed by atoms with Gasteiger partial charge in [0, 0.05) is 5.92 Å². The molecular formula is C25H50O19. The van der Waals surface area contributed by atoms with Crippen LogP contribution in [-0.2, 0) is 18.9 Å². The molecule has 0 saturated carbocycles. The molecule has 0 aromatic rings. The van der Waals surface area contributed by atoms with E-state index < -0.39 is 111 Å². The molecule has 4 heterocycles. The Morgan fingerprint density at radius 3 is 0.705 bits per heavy atom. The van der Waals surface area contributed by atoms with Crippen LogP contribution in [0, 0.1) is 5.92 Å². The minimum Gasteiger partial charge on any atom is -0.390 e. The number of ether oxygens (including phenoxy) is 4. The summed E-state index contributed by atoms with van der Waals surface area (Å²) < 4.78 is 19.0. The van der Waals surface area contributed by atoms with Gasteiger partial charge in [-0.3, -0.25) is 0 Å². The van der Waals surface area contributed by atoms with Crippen molar-refractivity contribution in [3.8, 4) is 0 Å². The summed E-state index contributed by atoms with van der Waals surface area (Å²) in [4.78, 5) is 0. The van der Waals surface area contributed by atoms with Gasteiger partial charge in [0.2, 0.25) is 0 Å². The second-order valence-corrected chi connectivity index (χ2v) is 11.2. The zero-order valence-electron chi connectivity index (χ0n) is 24.9. The van der Waals surface area contributed by atoms with Crippen LogP contribution in [0.15, 0.2) is 0 Å². The molecule has 4 aliphatic rings. The van der Waals surface area contributed by atoms with E-state index in [2.05, 4.69) is 14.2 Å². The topological polar surface area (TPSA) is 340 Å². The Labute approximate surface area is 253 Å². The van der Waals surface area contributed by atoms with E-state index in [0.29, 0.717) is 0 Å². The molecule has 19 nitrogen and oxygen atoms in total. The lowest BCUT2D eigenvalue weighted by Crippen LogP contribution is -2.56. The van der Waals surface area contributed by atoms with Gasteiger partial charge in [0.25, 0.3) is 0 Å². The van der Waals surface area contributed by atoms with Gasteiger partial charge in [-0.05, 0) is 27.7 Å². The van der Waals surface area contributed by atoms with Gasteiger partial charge in [0.05, 0.1) is 30.5 Å². The average Bonchev–Trinajstić information content (AvgIpc) is 2.97. The standard InChI is InChI=1S/C7H14O4.3C6H12O5/c1-3-4(2)11-7(10)6(9)5(3)8;3*1-2-3(7)4(8)5(9)6(10)11-2/h3-10H,1-2H3;3*2-10H,1H3/t3-,4?,5?,6-,7+;2?,3-,4?,5-,6-;2?,3-,4+,5?,6+;2?,3-,4+,5?,6-/m0011/s1. The summed E-state index contributed by atoms with van der Waals surface area (Å²) in [5.41, 5.74) is 0. The molecule has 0 bridgehead atoms. The Kier molecular flexibility index (Phi) is 16.8. The van der Waals surface area contributed by atoms with Crippen molar-refractivity contribution < 1.29 is 95.5 Å². The van der Waals surface area contributed by atoms with Gasteiger partial charge in [0.15, 0.2) is 25.2 Å². The molecule has 44 heavy (non-hydrogen) atoms. The lowest BCUT2D eigenvalue weighted by molar-refractivity contribution is -0.277. The van der Waals surface area contributed by atoms with E-state index in [1.54, 1.807) is 13.8 Å². The molecule has 4 saturated heterocycles. The molecule has 0 spiro atoms. The van der Waals surface area contributed by atoms with Crippen molar-refractivity contribution in [1.82, 2.24) is 0 Å². The lowest BCUT2D eigenvalue weighted by atomic mass is 9.92. The van der Waals surface area contributed by atoms with Crippen LogP contribution in [0.1, 0.15) is 34.6 Å². The Balaban J connectivity index is 0.000000293. The van der Waals surface area contributed by atoms with Crippen LogP contribution in [0.4, 0.5) is 0 Å². The third-order valence-corrected chi connectivity index (χ3v) is 7.76. The van der Waals surface area contributed by atoms with Crippen LogP contribution >= 0.6 is 0 Å². The zero-order chi connectivity index (χ0) is 34.4. The summed E-state index contributed by atoms with van der Waals surface area (Å²) in [7, 11) is 0. The fourth-order valence-electron chi connectivity index (χ4n) is 4.27. The molecule has 20 atom stereocenters. The first-order valence-electron chi connectivity index (χ1n) is 14.0. The van der Waals surface area contributed by atoms with E-state index in [1.807, 2.05) is 0 Å². The van der Waals surface area contributed by atoms with Crippen LogP contribution in [0.25, 0.3) is 0 Å². The fourth-order valence-corrected chi connectivity index (χ4v) is 4.27. The minimum atomic E-state index is -1.43. The fraction of sp³-hybridized carbons (Fsp3) is 1.00. The molecule has 0 aliphatic carbocycles. The first kappa shape index (κ1) is 41.3. The number of hydrogen-bond acceptors (Lipinski definition) is 19. The molecule has 8 unspecified atom stereocenters. The summed E-state index contributed by atoms with van der Waals surface area (Å²) in [5, 5.41) is 135. The Bertz CT molecular complexity index is 627. The summed E-state index contributed by atoms with van der Waals surface area (Å²) in [6.45, 7) is 8.03.